The molecule has 2 aromatic carbocycles. The van der Waals surface area contributed by atoms with Gasteiger partial charge in [0.05, 0.1) is 16.2 Å². The molecule has 0 atom stereocenters. The minimum atomic E-state index is -3.78. The molecule has 1 amide bonds. The van der Waals surface area contributed by atoms with E-state index in [1.54, 1.807) is 24.4 Å². The number of nitrogens with one attached hydrogen (secondary N) is 2. The number of carbonyl (C=O) groups excluding carboxylic acids is 1. The Bertz CT molecular complexity index is 987. The molecule has 0 fully saturated rings. The summed E-state index contributed by atoms with van der Waals surface area (Å²) < 4.78 is 24.1. The Labute approximate surface area is 149 Å². The number of rotatable bonds is 6. The van der Waals surface area contributed by atoms with Gasteiger partial charge in [-0.1, -0.05) is 36.4 Å². The monoisotopic (exact) mass is 373 g/mol. The lowest BCUT2D eigenvalue weighted by atomic mass is 10.2. The summed E-state index contributed by atoms with van der Waals surface area (Å²) in [6.45, 7) is 0. The maximum Gasteiger partial charge on any atom is 0.257 e. The molecule has 128 valence electrons. The zero-order valence-electron chi connectivity index (χ0n) is 13.0. The summed E-state index contributed by atoms with van der Waals surface area (Å²) in [4.78, 5) is 19.3. The van der Waals surface area contributed by atoms with Gasteiger partial charge < -0.3 is 0 Å². The summed E-state index contributed by atoms with van der Waals surface area (Å²) in [5, 5.41) is 0.984. The van der Waals surface area contributed by atoms with Gasteiger partial charge in [-0.2, -0.15) is 0 Å². The van der Waals surface area contributed by atoms with Crippen molar-refractivity contribution in [2.24, 2.45) is 0 Å². The van der Waals surface area contributed by atoms with Crippen molar-refractivity contribution >= 4 is 38.6 Å². The zero-order chi connectivity index (χ0) is 17.7. The van der Waals surface area contributed by atoms with Crippen molar-refractivity contribution in [3.05, 3.63) is 66.9 Å². The van der Waals surface area contributed by atoms with Gasteiger partial charge in [0.25, 0.3) is 10.0 Å². The Hall–Kier alpha value is -2.42. The molecule has 3 rings (SSSR count). The summed E-state index contributed by atoms with van der Waals surface area (Å²) >= 11 is 1.30. The SMILES string of the molecule is O=C(CSc1cccc2cccnc12)NNS(=O)(=O)c1ccccc1. The first-order valence-corrected chi connectivity index (χ1v) is 9.85. The van der Waals surface area contributed by atoms with Gasteiger partial charge in [-0.15, -0.1) is 16.6 Å². The molecule has 0 aliphatic rings. The van der Waals surface area contributed by atoms with Crippen molar-refractivity contribution in [2.45, 2.75) is 9.79 Å². The number of amides is 1. The molecular formula is C17H15N3O3S2. The van der Waals surface area contributed by atoms with E-state index in [2.05, 4.69) is 15.2 Å². The van der Waals surface area contributed by atoms with Crippen molar-refractivity contribution in [3.63, 3.8) is 0 Å². The number of benzene rings is 2. The van der Waals surface area contributed by atoms with E-state index in [1.807, 2.05) is 30.3 Å². The van der Waals surface area contributed by atoms with Gasteiger partial charge in [-0.05, 0) is 24.3 Å². The number of hydrazine groups is 1. The van der Waals surface area contributed by atoms with Crippen LogP contribution >= 0.6 is 11.8 Å². The fourth-order valence-corrected chi connectivity index (χ4v) is 3.88. The van der Waals surface area contributed by atoms with Gasteiger partial charge in [-0.3, -0.25) is 15.2 Å². The first-order valence-electron chi connectivity index (χ1n) is 7.38. The van der Waals surface area contributed by atoms with Crippen LogP contribution in [-0.2, 0) is 14.8 Å². The Kier molecular flexibility index (Phi) is 5.32. The summed E-state index contributed by atoms with van der Waals surface area (Å²) in [6, 6.07) is 17.3. The van der Waals surface area contributed by atoms with Crippen molar-refractivity contribution in [1.29, 1.82) is 0 Å². The van der Waals surface area contributed by atoms with Gasteiger partial charge in [0, 0.05) is 16.5 Å². The number of thioether (sulfide) groups is 1. The number of carbonyl (C=O) groups is 1. The Morgan fingerprint density at radius 3 is 2.56 bits per heavy atom. The number of para-hydroxylation sites is 1. The highest BCUT2D eigenvalue weighted by atomic mass is 32.2. The van der Waals surface area contributed by atoms with Crippen molar-refractivity contribution in [1.82, 2.24) is 15.2 Å². The topological polar surface area (TPSA) is 88.2 Å². The second-order valence-corrected chi connectivity index (χ2v) is 7.79. The molecular weight excluding hydrogens is 358 g/mol. The maximum atomic E-state index is 12.0. The number of aromatic nitrogens is 1. The van der Waals surface area contributed by atoms with Crippen LogP contribution in [0.25, 0.3) is 10.9 Å². The van der Waals surface area contributed by atoms with Crippen molar-refractivity contribution < 1.29 is 13.2 Å². The smallest absolute Gasteiger partial charge is 0.257 e. The van der Waals surface area contributed by atoms with Gasteiger partial charge in [-0.25, -0.2) is 8.42 Å². The van der Waals surface area contributed by atoms with Crippen LogP contribution < -0.4 is 10.3 Å². The van der Waals surface area contributed by atoms with Crippen LogP contribution in [-0.4, -0.2) is 25.1 Å². The Balaban J connectivity index is 1.60. The molecule has 0 spiro atoms. The van der Waals surface area contributed by atoms with E-state index in [-0.39, 0.29) is 10.6 Å². The predicted octanol–water partition coefficient (Wildman–Crippen LogP) is 2.34. The van der Waals surface area contributed by atoms with E-state index in [1.165, 1.54) is 23.9 Å². The third kappa shape index (κ3) is 4.36. The molecule has 0 radical (unpaired) electrons. The first kappa shape index (κ1) is 17.4. The molecule has 25 heavy (non-hydrogen) atoms. The van der Waals surface area contributed by atoms with Crippen LogP contribution in [0.1, 0.15) is 0 Å². The Morgan fingerprint density at radius 1 is 1.00 bits per heavy atom. The molecule has 2 N–H and O–H groups in total. The third-order valence-corrected chi connectivity index (χ3v) is 5.64. The second kappa shape index (κ2) is 7.64. The largest absolute Gasteiger partial charge is 0.277 e. The number of nitrogens with zero attached hydrogens (tertiary/aromatic N) is 1. The van der Waals surface area contributed by atoms with Crippen LogP contribution in [0.5, 0.6) is 0 Å². The number of fused-ring (bicyclic) bond motifs is 1. The molecule has 0 saturated carbocycles. The summed E-state index contributed by atoms with van der Waals surface area (Å²) in [5.41, 5.74) is 3.03. The van der Waals surface area contributed by atoms with E-state index >= 15 is 0 Å². The quantitative estimate of drug-likeness (QED) is 0.511. The van der Waals surface area contributed by atoms with Crippen LogP contribution in [0, 0.1) is 0 Å². The lowest BCUT2D eigenvalue weighted by Crippen LogP contribution is -2.42. The summed E-state index contributed by atoms with van der Waals surface area (Å²) in [5.74, 6) is -0.384. The molecule has 8 heteroatoms. The highest BCUT2D eigenvalue weighted by Crippen LogP contribution is 2.25. The maximum absolute atomic E-state index is 12.0. The van der Waals surface area contributed by atoms with Crippen LogP contribution in [0.2, 0.25) is 0 Å². The van der Waals surface area contributed by atoms with Crippen LogP contribution in [0.3, 0.4) is 0 Å². The van der Waals surface area contributed by atoms with Gasteiger partial charge >= 0.3 is 0 Å². The average molecular weight is 373 g/mol. The van der Waals surface area contributed by atoms with Gasteiger partial charge in [0.15, 0.2) is 0 Å². The number of hydrogen-bond donors (Lipinski definition) is 2. The number of pyridine rings is 1. The van der Waals surface area contributed by atoms with Crippen molar-refractivity contribution in [2.75, 3.05) is 5.75 Å². The molecule has 0 saturated heterocycles. The van der Waals surface area contributed by atoms with Crippen LogP contribution in [0.15, 0.2) is 76.7 Å². The zero-order valence-corrected chi connectivity index (χ0v) is 14.7. The van der Waals surface area contributed by atoms with Crippen molar-refractivity contribution in [3.8, 4) is 0 Å². The highest BCUT2D eigenvalue weighted by molar-refractivity contribution is 8.00. The Morgan fingerprint density at radius 2 is 1.76 bits per heavy atom. The van der Waals surface area contributed by atoms with E-state index in [9.17, 15) is 13.2 Å². The third-order valence-electron chi connectivity index (χ3n) is 3.33. The van der Waals surface area contributed by atoms with Gasteiger partial charge in [0.2, 0.25) is 5.91 Å². The minimum Gasteiger partial charge on any atom is -0.277 e. The lowest BCUT2D eigenvalue weighted by molar-refractivity contribution is -0.119. The molecule has 0 aliphatic heterocycles. The highest BCUT2D eigenvalue weighted by Gasteiger charge is 2.14. The fourth-order valence-electron chi connectivity index (χ4n) is 2.15. The molecule has 0 aliphatic carbocycles. The predicted molar refractivity (Wildman–Crippen MR) is 97.4 cm³/mol. The average Bonchev–Trinajstić information content (AvgIpc) is 2.65. The lowest BCUT2D eigenvalue weighted by Gasteiger charge is -2.09. The number of hydrogen-bond acceptors (Lipinski definition) is 5. The minimum absolute atomic E-state index is 0.0625. The number of sulfonamides is 1. The second-order valence-electron chi connectivity index (χ2n) is 5.09. The molecule has 3 aromatic rings. The fraction of sp³-hybridized carbons (Fsp3) is 0.0588. The van der Waals surface area contributed by atoms with E-state index in [0.717, 1.165) is 15.8 Å². The van der Waals surface area contributed by atoms with Gasteiger partial charge in [0.1, 0.15) is 0 Å². The molecule has 0 unspecified atom stereocenters. The molecule has 0 bridgehead atoms. The van der Waals surface area contributed by atoms with E-state index < -0.39 is 15.9 Å². The standard InChI is InChI=1S/C17H15N3O3S2/c21-16(19-20-25(22,23)14-8-2-1-3-9-14)12-24-15-10-4-6-13-7-5-11-18-17(13)15/h1-11,20H,12H2,(H,19,21). The van der Waals surface area contributed by atoms with Crippen LogP contribution in [0.4, 0.5) is 0 Å². The van der Waals surface area contributed by atoms with E-state index in [0.29, 0.717) is 0 Å². The molecule has 6 nitrogen and oxygen atoms in total. The van der Waals surface area contributed by atoms with E-state index in [4.69, 9.17) is 0 Å². The summed E-state index contributed by atoms with van der Waals surface area (Å²) in [6.07, 6.45) is 1.69. The molecule has 1 aromatic heterocycles. The summed E-state index contributed by atoms with van der Waals surface area (Å²) in [7, 11) is -3.78. The first-order chi connectivity index (χ1) is 12.1. The normalized spacial score (nSPS) is 11.4. The molecule has 1 heterocycles.